The molecule has 18 heavy (non-hydrogen) atoms. The van der Waals surface area contributed by atoms with E-state index in [4.69, 9.17) is 0 Å². The quantitative estimate of drug-likeness (QED) is 0.896. The highest BCUT2D eigenvalue weighted by Crippen LogP contribution is 2.25. The number of rotatable bonds is 3. The van der Waals surface area contributed by atoms with Crippen molar-refractivity contribution in [3.8, 4) is 0 Å². The van der Waals surface area contributed by atoms with Crippen molar-refractivity contribution in [2.24, 2.45) is 0 Å². The fraction of sp³-hybridized carbons (Fsp3) is 0.200. The fourth-order valence-electron chi connectivity index (χ4n) is 2.11. The minimum atomic E-state index is -0.209. The van der Waals surface area contributed by atoms with Gasteiger partial charge in [0.2, 0.25) is 0 Å². The topological polar surface area (TPSA) is 12.0 Å². The fourth-order valence-corrected chi connectivity index (χ4v) is 2.74. The van der Waals surface area contributed by atoms with Crippen molar-refractivity contribution in [1.82, 2.24) is 5.32 Å². The first-order valence-corrected chi connectivity index (χ1v) is 6.59. The molecular formula is C15H15BrFN. The van der Waals surface area contributed by atoms with E-state index >= 15 is 0 Å². The summed E-state index contributed by atoms with van der Waals surface area (Å²) in [5.74, 6) is -0.209. The summed E-state index contributed by atoms with van der Waals surface area (Å²) in [6.07, 6.45) is 0. The molecular weight excluding hydrogens is 293 g/mol. The van der Waals surface area contributed by atoms with E-state index in [9.17, 15) is 4.39 Å². The molecule has 1 atom stereocenters. The molecule has 0 aromatic heterocycles. The van der Waals surface area contributed by atoms with Gasteiger partial charge in [-0.05, 0) is 54.9 Å². The zero-order valence-corrected chi connectivity index (χ0v) is 12.0. The van der Waals surface area contributed by atoms with Crippen molar-refractivity contribution in [3.05, 3.63) is 69.4 Å². The van der Waals surface area contributed by atoms with Gasteiger partial charge in [-0.2, -0.15) is 0 Å². The highest BCUT2D eigenvalue weighted by atomic mass is 79.9. The van der Waals surface area contributed by atoms with Crippen LogP contribution in [-0.4, -0.2) is 7.05 Å². The van der Waals surface area contributed by atoms with Gasteiger partial charge in [0.15, 0.2) is 0 Å². The Kier molecular flexibility index (Phi) is 4.15. The first-order valence-electron chi connectivity index (χ1n) is 5.80. The molecule has 3 heteroatoms. The Hall–Kier alpha value is -1.19. The Labute approximate surface area is 115 Å². The van der Waals surface area contributed by atoms with Crippen LogP contribution in [0.15, 0.2) is 46.9 Å². The maximum atomic E-state index is 13.0. The Morgan fingerprint density at radius 1 is 1.06 bits per heavy atom. The van der Waals surface area contributed by atoms with Crippen LogP contribution in [0.1, 0.15) is 22.7 Å². The van der Waals surface area contributed by atoms with Gasteiger partial charge in [0.1, 0.15) is 5.82 Å². The molecule has 0 aliphatic heterocycles. The van der Waals surface area contributed by atoms with Crippen molar-refractivity contribution in [2.45, 2.75) is 13.0 Å². The average Bonchev–Trinajstić information content (AvgIpc) is 2.31. The second-order valence-corrected chi connectivity index (χ2v) is 5.25. The third kappa shape index (κ3) is 2.98. The van der Waals surface area contributed by atoms with Gasteiger partial charge in [0.25, 0.3) is 0 Å². The number of benzene rings is 2. The van der Waals surface area contributed by atoms with E-state index in [0.29, 0.717) is 0 Å². The van der Waals surface area contributed by atoms with Gasteiger partial charge in [-0.1, -0.05) is 34.1 Å². The Bertz CT molecular complexity index is 516. The first-order chi connectivity index (χ1) is 8.60. The summed E-state index contributed by atoms with van der Waals surface area (Å²) >= 11 is 3.51. The Morgan fingerprint density at radius 2 is 1.72 bits per heavy atom. The molecule has 0 spiro atoms. The molecule has 2 aromatic carbocycles. The predicted molar refractivity (Wildman–Crippen MR) is 76.2 cm³/mol. The molecule has 0 saturated carbocycles. The minimum absolute atomic E-state index is 0.0711. The maximum Gasteiger partial charge on any atom is 0.123 e. The molecule has 0 aliphatic rings. The van der Waals surface area contributed by atoms with Crippen LogP contribution in [0.4, 0.5) is 4.39 Å². The SMILES string of the molecule is CNC(c1ccc(F)cc1)c1cc(C)cc(Br)c1. The van der Waals surface area contributed by atoms with Crippen LogP contribution in [0.3, 0.4) is 0 Å². The van der Waals surface area contributed by atoms with Crippen molar-refractivity contribution < 1.29 is 4.39 Å². The van der Waals surface area contributed by atoms with Crippen molar-refractivity contribution in [3.63, 3.8) is 0 Å². The van der Waals surface area contributed by atoms with E-state index in [1.54, 1.807) is 0 Å². The molecule has 0 amide bonds. The average molecular weight is 308 g/mol. The number of nitrogens with one attached hydrogen (secondary N) is 1. The number of aryl methyl sites for hydroxylation is 1. The number of halogens is 2. The Balaban J connectivity index is 2.41. The van der Waals surface area contributed by atoms with Crippen LogP contribution in [0.25, 0.3) is 0 Å². The standard InChI is InChI=1S/C15H15BrFN/c1-10-7-12(9-13(16)8-10)15(18-2)11-3-5-14(17)6-4-11/h3-9,15,18H,1-2H3. The summed E-state index contributed by atoms with van der Waals surface area (Å²) in [7, 11) is 1.91. The van der Waals surface area contributed by atoms with Gasteiger partial charge in [0, 0.05) is 4.47 Å². The molecule has 1 N–H and O–H groups in total. The summed E-state index contributed by atoms with van der Waals surface area (Å²) < 4.78 is 14.0. The van der Waals surface area contributed by atoms with E-state index in [-0.39, 0.29) is 11.9 Å². The summed E-state index contributed by atoms with van der Waals surface area (Å²) in [4.78, 5) is 0. The van der Waals surface area contributed by atoms with Gasteiger partial charge >= 0.3 is 0 Å². The summed E-state index contributed by atoms with van der Waals surface area (Å²) in [6.45, 7) is 2.06. The lowest BCUT2D eigenvalue weighted by atomic mass is 9.97. The van der Waals surface area contributed by atoms with Gasteiger partial charge in [-0.25, -0.2) is 4.39 Å². The molecule has 0 radical (unpaired) electrons. The monoisotopic (exact) mass is 307 g/mol. The van der Waals surface area contributed by atoms with Crippen LogP contribution in [0.2, 0.25) is 0 Å². The zero-order chi connectivity index (χ0) is 13.1. The lowest BCUT2D eigenvalue weighted by molar-refractivity contribution is 0.623. The molecule has 1 unspecified atom stereocenters. The summed E-state index contributed by atoms with van der Waals surface area (Å²) in [6, 6.07) is 13.0. The van der Waals surface area contributed by atoms with Crippen LogP contribution in [0, 0.1) is 12.7 Å². The van der Waals surface area contributed by atoms with Gasteiger partial charge < -0.3 is 5.32 Å². The highest BCUT2D eigenvalue weighted by molar-refractivity contribution is 9.10. The van der Waals surface area contributed by atoms with E-state index in [1.165, 1.54) is 17.7 Å². The normalized spacial score (nSPS) is 12.4. The maximum absolute atomic E-state index is 13.0. The summed E-state index contributed by atoms with van der Waals surface area (Å²) in [5, 5.41) is 3.27. The largest absolute Gasteiger partial charge is 0.309 e. The van der Waals surface area contributed by atoms with E-state index in [1.807, 2.05) is 19.2 Å². The first kappa shape index (κ1) is 13.2. The van der Waals surface area contributed by atoms with Gasteiger partial charge in [-0.3, -0.25) is 0 Å². The molecule has 0 saturated heterocycles. The number of hydrogen-bond donors (Lipinski definition) is 1. The predicted octanol–water partition coefficient (Wildman–Crippen LogP) is 4.21. The van der Waals surface area contributed by atoms with Gasteiger partial charge in [-0.15, -0.1) is 0 Å². The molecule has 0 fully saturated rings. The van der Waals surface area contributed by atoms with Crippen LogP contribution in [-0.2, 0) is 0 Å². The van der Waals surface area contributed by atoms with Crippen molar-refractivity contribution in [2.75, 3.05) is 7.05 Å². The second kappa shape index (κ2) is 5.63. The molecule has 2 rings (SSSR count). The van der Waals surface area contributed by atoms with E-state index < -0.39 is 0 Å². The molecule has 94 valence electrons. The highest BCUT2D eigenvalue weighted by Gasteiger charge is 2.12. The Morgan fingerprint density at radius 3 is 2.28 bits per heavy atom. The molecule has 1 nitrogen and oxygen atoms in total. The lowest BCUT2D eigenvalue weighted by Crippen LogP contribution is -2.17. The van der Waals surface area contributed by atoms with E-state index in [0.717, 1.165) is 15.6 Å². The smallest absolute Gasteiger partial charge is 0.123 e. The van der Waals surface area contributed by atoms with Crippen LogP contribution in [0.5, 0.6) is 0 Å². The van der Waals surface area contributed by atoms with Crippen molar-refractivity contribution >= 4 is 15.9 Å². The summed E-state index contributed by atoms with van der Waals surface area (Å²) in [5.41, 5.74) is 3.41. The minimum Gasteiger partial charge on any atom is -0.309 e. The number of hydrogen-bond acceptors (Lipinski definition) is 1. The zero-order valence-electron chi connectivity index (χ0n) is 10.4. The third-order valence-electron chi connectivity index (χ3n) is 2.89. The second-order valence-electron chi connectivity index (χ2n) is 4.34. The molecule has 0 bridgehead atoms. The molecule has 0 aliphatic carbocycles. The molecule has 2 aromatic rings. The van der Waals surface area contributed by atoms with Gasteiger partial charge in [0.05, 0.1) is 6.04 Å². The van der Waals surface area contributed by atoms with E-state index in [2.05, 4.69) is 46.4 Å². The van der Waals surface area contributed by atoms with Crippen LogP contribution < -0.4 is 5.32 Å². The third-order valence-corrected chi connectivity index (χ3v) is 3.35. The van der Waals surface area contributed by atoms with Crippen molar-refractivity contribution in [1.29, 1.82) is 0 Å². The lowest BCUT2D eigenvalue weighted by Gasteiger charge is -2.18. The van der Waals surface area contributed by atoms with Crippen LogP contribution >= 0.6 is 15.9 Å². The molecule has 0 heterocycles.